The van der Waals surface area contributed by atoms with Crippen molar-refractivity contribution in [2.45, 2.75) is 12.5 Å². The van der Waals surface area contributed by atoms with Gasteiger partial charge in [0.05, 0.1) is 0 Å². The zero-order valence-corrected chi connectivity index (χ0v) is 9.43. The number of hydrogen-bond acceptors (Lipinski definition) is 4. The third kappa shape index (κ3) is 3.27. The fourth-order valence-corrected chi connectivity index (χ4v) is 1.53. The van der Waals surface area contributed by atoms with E-state index in [2.05, 4.69) is 10.7 Å². The molecule has 1 rings (SSSR count). The van der Waals surface area contributed by atoms with Gasteiger partial charge >= 0.3 is 6.09 Å². The first-order chi connectivity index (χ1) is 7.99. The van der Waals surface area contributed by atoms with Gasteiger partial charge in [0.15, 0.2) is 5.78 Å². The van der Waals surface area contributed by atoms with Gasteiger partial charge in [0.2, 0.25) is 0 Å². The van der Waals surface area contributed by atoms with E-state index in [1.807, 2.05) is 0 Å². The summed E-state index contributed by atoms with van der Waals surface area (Å²) in [6.45, 7) is 1.49. The number of amides is 1. The Morgan fingerprint density at radius 1 is 1.35 bits per heavy atom. The molecule has 1 aromatic rings. The quantitative estimate of drug-likeness (QED) is 0.336. The Balaban J connectivity index is 2.98. The van der Waals surface area contributed by atoms with Crippen LogP contribution < -0.4 is 16.6 Å². The SMILES string of the molecule is CC(CNN)(NC(=O)O)C(=O)c1ccccc1. The molecule has 92 valence electrons. The van der Waals surface area contributed by atoms with Crippen molar-refractivity contribution in [3.63, 3.8) is 0 Å². The largest absolute Gasteiger partial charge is 0.465 e. The van der Waals surface area contributed by atoms with Gasteiger partial charge in [-0.25, -0.2) is 4.79 Å². The molecule has 0 aliphatic heterocycles. The van der Waals surface area contributed by atoms with Crippen molar-refractivity contribution in [3.8, 4) is 0 Å². The average Bonchev–Trinajstić information content (AvgIpc) is 2.28. The van der Waals surface area contributed by atoms with Crippen LogP contribution in [0.2, 0.25) is 0 Å². The highest BCUT2D eigenvalue weighted by Gasteiger charge is 2.35. The highest BCUT2D eigenvalue weighted by atomic mass is 16.4. The van der Waals surface area contributed by atoms with Gasteiger partial charge in [-0.2, -0.15) is 0 Å². The zero-order chi connectivity index (χ0) is 12.9. The predicted octanol–water partition coefficient (Wildman–Crippen LogP) is 0.359. The van der Waals surface area contributed by atoms with E-state index in [0.29, 0.717) is 5.56 Å². The predicted molar refractivity (Wildman–Crippen MR) is 62.5 cm³/mol. The summed E-state index contributed by atoms with van der Waals surface area (Å²) in [5, 5.41) is 10.9. The van der Waals surface area contributed by atoms with Crippen molar-refractivity contribution >= 4 is 11.9 Å². The number of benzene rings is 1. The van der Waals surface area contributed by atoms with Gasteiger partial charge in [0.25, 0.3) is 0 Å². The number of nitrogens with one attached hydrogen (secondary N) is 2. The summed E-state index contributed by atoms with van der Waals surface area (Å²) in [5.41, 5.74) is 1.46. The van der Waals surface area contributed by atoms with Gasteiger partial charge in [-0.15, -0.1) is 0 Å². The first kappa shape index (κ1) is 13.1. The lowest BCUT2D eigenvalue weighted by molar-refractivity contribution is 0.0856. The number of hydrogen-bond donors (Lipinski definition) is 4. The van der Waals surface area contributed by atoms with Crippen LogP contribution >= 0.6 is 0 Å². The van der Waals surface area contributed by atoms with Gasteiger partial charge < -0.3 is 10.4 Å². The number of rotatable bonds is 5. The Bertz CT molecular complexity index is 408. The van der Waals surface area contributed by atoms with Gasteiger partial charge in [-0.05, 0) is 6.92 Å². The molecular weight excluding hydrogens is 222 g/mol. The Labute approximate surface area is 98.8 Å². The number of carboxylic acid groups (broad SMARTS) is 1. The average molecular weight is 237 g/mol. The Morgan fingerprint density at radius 2 is 1.94 bits per heavy atom. The highest BCUT2D eigenvalue weighted by molar-refractivity contribution is 6.04. The molecule has 5 N–H and O–H groups in total. The summed E-state index contributed by atoms with van der Waals surface area (Å²) in [6, 6.07) is 8.45. The number of ketones is 1. The van der Waals surface area contributed by atoms with E-state index < -0.39 is 11.6 Å². The maximum atomic E-state index is 12.2. The minimum absolute atomic E-state index is 0.00697. The van der Waals surface area contributed by atoms with E-state index in [4.69, 9.17) is 10.9 Å². The molecule has 0 fully saturated rings. The minimum atomic E-state index is -1.29. The zero-order valence-electron chi connectivity index (χ0n) is 9.43. The molecule has 0 heterocycles. The van der Waals surface area contributed by atoms with Crippen LogP contribution in [0.5, 0.6) is 0 Å². The van der Waals surface area contributed by atoms with Crippen LogP contribution in [0.3, 0.4) is 0 Å². The lowest BCUT2D eigenvalue weighted by Gasteiger charge is -2.27. The highest BCUT2D eigenvalue weighted by Crippen LogP contribution is 2.12. The van der Waals surface area contributed by atoms with Crippen LogP contribution in [0.1, 0.15) is 17.3 Å². The third-order valence-corrected chi connectivity index (χ3v) is 2.38. The summed E-state index contributed by atoms with van der Waals surface area (Å²) in [6.07, 6.45) is -1.27. The molecule has 0 aromatic heterocycles. The first-order valence-electron chi connectivity index (χ1n) is 5.04. The van der Waals surface area contributed by atoms with Crippen molar-refractivity contribution in [1.82, 2.24) is 10.7 Å². The lowest BCUT2D eigenvalue weighted by Crippen LogP contribution is -2.58. The Morgan fingerprint density at radius 3 is 2.41 bits per heavy atom. The summed E-state index contributed by atoms with van der Waals surface area (Å²) in [5.74, 6) is 4.84. The van der Waals surface area contributed by atoms with Crippen LogP contribution in [0.25, 0.3) is 0 Å². The van der Waals surface area contributed by atoms with Crippen LogP contribution in [-0.4, -0.2) is 29.1 Å². The molecule has 0 saturated carbocycles. The molecule has 1 atom stereocenters. The number of carbonyl (C=O) groups is 2. The fourth-order valence-electron chi connectivity index (χ4n) is 1.53. The maximum Gasteiger partial charge on any atom is 0.405 e. The molecule has 0 radical (unpaired) electrons. The fraction of sp³-hybridized carbons (Fsp3) is 0.273. The van der Waals surface area contributed by atoms with Gasteiger partial charge in [-0.1, -0.05) is 30.3 Å². The van der Waals surface area contributed by atoms with Crippen molar-refractivity contribution in [1.29, 1.82) is 0 Å². The number of nitrogens with two attached hydrogens (primary N) is 1. The lowest BCUT2D eigenvalue weighted by atomic mass is 9.91. The molecule has 1 aromatic carbocycles. The molecule has 1 amide bonds. The minimum Gasteiger partial charge on any atom is -0.465 e. The van der Waals surface area contributed by atoms with Crippen molar-refractivity contribution in [2.24, 2.45) is 5.84 Å². The molecule has 6 nitrogen and oxygen atoms in total. The normalized spacial score (nSPS) is 13.8. The summed E-state index contributed by atoms with van der Waals surface area (Å²) in [4.78, 5) is 22.9. The molecular formula is C11H15N3O3. The molecule has 1 unspecified atom stereocenters. The Hall–Kier alpha value is -1.92. The van der Waals surface area contributed by atoms with E-state index in [1.54, 1.807) is 30.3 Å². The van der Waals surface area contributed by atoms with E-state index in [-0.39, 0.29) is 12.3 Å². The van der Waals surface area contributed by atoms with Crippen molar-refractivity contribution in [3.05, 3.63) is 35.9 Å². The molecule has 0 aliphatic rings. The second-order valence-electron chi connectivity index (χ2n) is 3.84. The first-order valence-corrected chi connectivity index (χ1v) is 5.04. The topological polar surface area (TPSA) is 104 Å². The van der Waals surface area contributed by atoms with E-state index in [9.17, 15) is 9.59 Å². The monoisotopic (exact) mass is 237 g/mol. The number of hydrazine groups is 1. The van der Waals surface area contributed by atoms with Gasteiger partial charge in [-0.3, -0.25) is 16.1 Å². The molecule has 0 spiro atoms. The van der Waals surface area contributed by atoms with E-state index >= 15 is 0 Å². The maximum absolute atomic E-state index is 12.2. The molecule has 17 heavy (non-hydrogen) atoms. The third-order valence-electron chi connectivity index (χ3n) is 2.38. The van der Waals surface area contributed by atoms with Crippen LogP contribution in [0.15, 0.2) is 30.3 Å². The summed E-state index contributed by atoms with van der Waals surface area (Å²) < 4.78 is 0. The molecule has 0 saturated heterocycles. The standard InChI is InChI=1S/C11H15N3O3/c1-11(7-13-12,14-10(16)17)9(15)8-5-3-2-4-6-8/h2-6,13-14H,7,12H2,1H3,(H,16,17). The van der Waals surface area contributed by atoms with Crippen molar-refractivity contribution in [2.75, 3.05) is 6.54 Å². The smallest absolute Gasteiger partial charge is 0.405 e. The Kier molecular flexibility index (Phi) is 4.19. The number of carbonyl (C=O) groups excluding carboxylic acids is 1. The van der Waals surface area contributed by atoms with E-state index in [0.717, 1.165) is 0 Å². The second kappa shape index (κ2) is 5.42. The van der Waals surface area contributed by atoms with E-state index in [1.165, 1.54) is 6.92 Å². The van der Waals surface area contributed by atoms with Crippen LogP contribution in [0.4, 0.5) is 4.79 Å². The summed E-state index contributed by atoms with van der Waals surface area (Å²) in [7, 11) is 0. The van der Waals surface area contributed by atoms with Gasteiger partial charge in [0, 0.05) is 12.1 Å². The molecule has 6 heteroatoms. The molecule has 0 aliphatic carbocycles. The van der Waals surface area contributed by atoms with Gasteiger partial charge in [0.1, 0.15) is 5.54 Å². The second-order valence-corrected chi connectivity index (χ2v) is 3.84. The molecule has 0 bridgehead atoms. The number of Topliss-reactive ketones (excluding diaryl/α,β-unsaturated/α-hetero) is 1. The van der Waals surface area contributed by atoms with Crippen LogP contribution in [0, 0.1) is 0 Å². The van der Waals surface area contributed by atoms with Crippen LogP contribution in [-0.2, 0) is 0 Å². The summed E-state index contributed by atoms with van der Waals surface area (Å²) >= 11 is 0. The van der Waals surface area contributed by atoms with Crippen molar-refractivity contribution < 1.29 is 14.7 Å².